The molecule has 0 unspecified atom stereocenters. The highest BCUT2D eigenvalue weighted by molar-refractivity contribution is 5.92. The molecule has 3 aliphatic carbocycles. The predicted octanol–water partition coefficient (Wildman–Crippen LogP) is 4.53. The fourth-order valence-corrected chi connectivity index (χ4v) is 7.60. The molecule has 0 heterocycles. The average Bonchev–Trinajstić information content (AvgIpc) is 3.03. The normalized spacial score (nSPS) is 32.8. The fourth-order valence-electron chi connectivity index (χ4n) is 7.60. The zero-order valence-corrected chi connectivity index (χ0v) is 20.3. The topological polar surface area (TPSA) is 66.6 Å². The minimum atomic E-state index is -0.387. The van der Waals surface area contributed by atoms with Crippen molar-refractivity contribution in [1.82, 2.24) is 4.90 Å². The van der Waals surface area contributed by atoms with Gasteiger partial charge in [-0.3, -0.25) is 4.79 Å². The maximum atomic E-state index is 11.6. The number of benzene rings is 2. The van der Waals surface area contributed by atoms with E-state index in [1.165, 1.54) is 18.4 Å². The highest BCUT2D eigenvalue weighted by Gasteiger charge is 2.57. The zero-order valence-electron chi connectivity index (χ0n) is 20.3. The second kappa shape index (κ2) is 8.56. The van der Waals surface area contributed by atoms with Crippen LogP contribution in [-0.4, -0.2) is 36.1 Å². The third-order valence-corrected chi connectivity index (χ3v) is 9.12. The second-order valence-corrected chi connectivity index (χ2v) is 11.4. The highest BCUT2D eigenvalue weighted by Crippen LogP contribution is 2.62. The number of carbonyl (C=O) groups is 1. The Hall–Kier alpha value is -2.17. The van der Waals surface area contributed by atoms with Gasteiger partial charge in [0.2, 0.25) is 5.91 Å². The van der Waals surface area contributed by atoms with Gasteiger partial charge in [-0.1, -0.05) is 37.3 Å². The van der Waals surface area contributed by atoms with Crippen molar-refractivity contribution in [3.05, 3.63) is 70.3 Å². The van der Waals surface area contributed by atoms with Crippen LogP contribution in [-0.2, 0) is 19.4 Å². The molecule has 3 N–H and O–H groups in total. The van der Waals surface area contributed by atoms with Gasteiger partial charge >= 0.3 is 0 Å². The van der Waals surface area contributed by atoms with E-state index in [0.29, 0.717) is 23.3 Å². The van der Waals surface area contributed by atoms with Crippen LogP contribution in [0.2, 0.25) is 0 Å². The van der Waals surface area contributed by atoms with Gasteiger partial charge in [-0.2, -0.15) is 0 Å². The summed E-state index contributed by atoms with van der Waals surface area (Å²) < 4.78 is 0. The molecule has 176 valence electrons. The van der Waals surface area contributed by atoms with Crippen LogP contribution in [0.25, 0.3) is 0 Å². The molecule has 3 aliphatic rings. The Morgan fingerprint density at radius 2 is 1.97 bits per heavy atom. The summed E-state index contributed by atoms with van der Waals surface area (Å²) in [6.45, 7) is 3.33. The lowest BCUT2D eigenvalue weighted by atomic mass is 9.55. The first-order valence-electron chi connectivity index (χ1n) is 12.6. The molecule has 4 nitrogen and oxygen atoms in total. The number of nitrogens with two attached hydrogens (primary N) is 1. The monoisotopic (exact) mass is 446 g/mol. The zero-order chi connectivity index (χ0) is 23.3. The van der Waals surface area contributed by atoms with Crippen molar-refractivity contribution in [1.29, 1.82) is 0 Å². The molecule has 0 bridgehead atoms. The van der Waals surface area contributed by atoms with Crippen molar-refractivity contribution in [3.63, 3.8) is 0 Å². The van der Waals surface area contributed by atoms with Crippen LogP contribution in [0.1, 0.15) is 71.1 Å². The molecule has 2 fully saturated rings. The molecule has 2 saturated carbocycles. The lowest BCUT2D eigenvalue weighted by molar-refractivity contribution is -0.0325. The number of rotatable bonds is 5. The van der Waals surface area contributed by atoms with Gasteiger partial charge in [0.25, 0.3) is 0 Å². The first-order chi connectivity index (χ1) is 15.8. The van der Waals surface area contributed by atoms with Gasteiger partial charge in [-0.25, -0.2) is 0 Å². The second-order valence-electron chi connectivity index (χ2n) is 11.4. The quantitative estimate of drug-likeness (QED) is 0.709. The summed E-state index contributed by atoms with van der Waals surface area (Å²) in [5.41, 5.74) is 11.7. The molecule has 0 aromatic heterocycles. The number of hydrogen-bond acceptors (Lipinski definition) is 3. The van der Waals surface area contributed by atoms with Gasteiger partial charge in [0, 0.05) is 12.1 Å². The predicted molar refractivity (Wildman–Crippen MR) is 132 cm³/mol. The molecule has 0 saturated heterocycles. The number of primary amides is 1. The summed E-state index contributed by atoms with van der Waals surface area (Å²) in [5.74, 6) is 1.70. The van der Waals surface area contributed by atoms with E-state index < -0.39 is 0 Å². The van der Waals surface area contributed by atoms with Crippen molar-refractivity contribution in [2.45, 2.75) is 64.0 Å². The van der Waals surface area contributed by atoms with Crippen LogP contribution in [0.5, 0.6) is 0 Å². The molecule has 5 rings (SSSR count). The van der Waals surface area contributed by atoms with Crippen molar-refractivity contribution >= 4 is 5.91 Å². The van der Waals surface area contributed by atoms with Crippen molar-refractivity contribution in [3.8, 4) is 0 Å². The standard InChI is InChI=1S/C29H38N2O2/c1-29-12-11-24-23-9-7-19(17-31(2)3)15-20(23)8-10-25(24)26(29)16-22(27(29)32)14-18-5-4-6-21(13-18)28(30)33/h4-7,9,13,15,22,24-27,32H,8,10-12,14,16-17H2,1-3H3,(H2,30,33)/t22-,24+,25+,26-,27-,29-/m0/s1. The molecule has 4 heteroatoms. The lowest BCUT2D eigenvalue weighted by Crippen LogP contribution is -2.44. The Kier molecular flexibility index (Phi) is 5.86. The smallest absolute Gasteiger partial charge is 0.248 e. The van der Waals surface area contributed by atoms with Gasteiger partial charge < -0.3 is 15.7 Å². The van der Waals surface area contributed by atoms with Gasteiger partial charge in [-0.15, -0.1) is 0 Å². The van der Waals surface area contributed by atoms with E-state index in [1.54, 1.807) is 17.2 Å². The number of aliphatic hydroxyl groups excluding tert-OH is 1. The van der Waals surface area contributed by atoms with E-state index in [9.17, 15) is 9.90 Å². The minimum Gasteiger partial charge on any atom is -0.392 e. The van der Waals surface area contributed by atoms with Crippen LogP contribution in [0.15, 0.2) is 42.5 Å². The van der Waals surface area contributed by atoms with E-state index >= 15 is 0 Å². The number of nitrogens with zero attached hydrogens (tertiary/aromatic N) is 1. The van der Waals surface area contributed by atoms with E-state index in [-0.39, 0.29) is 23.3 Å². The molecular weight excluding hydrogens is 408 g/mol. The van der Waals surface area contributed by atoms with Crippen LogP contribution in [0.4, 0.5) is 0 Å². The Labute approximate surface area is 198 Å². The number of aliphatic hydroxyl groups is 1. The molecule has 33 heavy (non-hydrogen) atoms. The van der Waals surface area contributed by atoms with Gasteiger partial charge in [0.05, 0.1) is 6.10 Å². The van der Waals surface area contributed by atoms with Crippen LogP contribution in [0, 0.1) is 23.2 Å². The average molecular weight is 447 g/mol. The third-order valence-electron chi connectivity index (χ3n) is 9.12. The molecule has 1 amide bonds. The number of aryl methyl sites for hydroxylation is 1. The molecule has 2 aromatic rings. The maximum absolute atomic E-state index is 11.6. The summed E-state index contributed by atoms with van der Waals surface area (Å²) in [5, 5.41) is 11.5. The van der Waals surface area contributed by atoms with Gasteiger partial charge in [0.15, 0.2) is 0 Å². The number of amides is 1. The van der Waals surface area contributed by atoms with Gasteiger partial charge in [-0.05, 0) is 116 Å². The van der Waals surface area contributed by atoms with Crippen LogP contribution >= 0.6 is 0 Å². The number of carbonyl (C=O) groups excluding carboxylic acids is 1. The summed E-state index contributed by atoms with van der Waals surface area (Å²) in [6, 6.07) is 14.8. The molecule has 2 aromatic carbocycles. The van der Waals surface area contributed by atoms with Crippen molar-refractivity contribution in [2.24, 2.45) is 28.9 Å². The van der Waals surface area contributed by atoms with Crippen LogP contribution in [0.3, 0.4) is 0 Å². The van der Waals surface area contributed by atoms with E-state index in [4.69, 9.17) is 5.73 Å². The van der Waals surface area contributed by atoms with Crippen molar-refractivity contribution in [2.75, 3.05) is 14.1 Å². The maximum Gasteiger partial charge on any atom is 0.248 e. The number of fused-ring (bicyclic) bond motifs is 5. The third kappa shape index (κ3) is 4.02. The summed E-state index contributed by atoms with van der Waals surface area (Å²) in [7, 11) is 4.26. The summed E-state index contributed by atoms with van der Waals surface area (Å²) in [6.07, 6.45) is 6.27. The Morgan fingerprint density at radius 3 is 2.73 bits per heavy atom. The highest BCUT2D eigenvalue weighted by atomic mass is 16.3. The largest absolute Gasteiger partial charge is 0.392 e. The fraction of sp³-hybridized carbons (Fsp3) is 0.552. The van der Waals surface area contributed by atoms with E-state index in [2.05, 4.69) is 50.2 Å². The minimum absolute atomic E-state index is 0.00447. The molecular formula is C29H38N2O2. The Balaban J connectivity index is 1.37. The lowest BCUT2D eigenvalue weighted by Gasteiger charge is -2.50. The van der Waals surface area contributed by atoms with Crippen LogP contribution < -0.4 is 5.73 Å². The first-order valence-corrected chi connectivity index (χ1v) is 12.6. The Morgan fingerprint density at radius 1 is 1.15 bits per heavy atom. The van der Waals surface area contributed by atoms with Crippen molar-refractivity contribution < 1.29 is 9.90 Å². The van der Waals surface area contributed by atoms with E-state index in [1.807, 2.05) is 12.1 Å². The summed E-state index contributed by atoms with van der Waals surface area (Å²) in [4.78, 5) is 13.8. The SMILES string of the molecule is CN(C)Cc1ccc2c(c1)CC[C@@H]1[C@@H]2CC[C@]2(C)[C@@H](O)[C@@H](Cc3cccc(C(N)=O)c3)C[C@@H]12. The molecule has 0 radical (unpaired) electrons. The Bertz CT molecular complexity index is 1050. The molecule has 0 spiro atoms. The molecule has 0 aliphatic heterocycles. The van der Waals surface area contributed by atoms with Gasteiger partial charge in [0.1, 0.15) is 0 Å². The molecule has 6 atom stereocenters. The van der Waals surface area contributed by atoms with E-state index in [0.717, 1.165) is 37.8 Å². The summed E-state index contributed by atoms with van der Waals surface area (Å²) >= 11 is 0. The first kappa shape index (κ1) is 22.6. The number of hydrogen-bond donors (Lipinski definition) is 2.